The number of thiocarbonyl (C=S) groups is 1. The van der Waals surface area contributed by atoms with Crippen LogP contribution in [0.5, 0.6) is 0 Å². The van der Waals surface area contributed by atoms with Gasteiger partial charge in [-0.2, -0.15) is 0 Å². The zero-order chi connectivity index (χ0) is 27.1. The molecule has 0 bridgehead atoms. The van der Waals surface area contributed by atoms with Crippen molar-refractivity contribution in [2.75, 3.05) is 5.32 Å². The maximum absolute atomic E-state index is 13.7. The van der Waals surface area contributed by atoms with Gasteiger partial charge in [0.1, 0.15) is 5.82 Å². The van der Waals surface area contributed by atoms with Crippen LogP contribution in [0.4, 0.5) is 18.9 Å². The van der Waals surface area contributed by atoms with Gasteiger partial charge in [0.05, 0.1) is 0 Å². The van der Waals surface area contributed by atoms with E-state index in [1.54, 1.807) is 36.4 Å². The van der Waals surface area contributed by atoms with Crippen molar-refractivity contribution in [3.63, 3.8) is 0 Å². The number of anilines is 1. The molecule has 0 radical (unpaired) electrons. The highest BCUT2D eigenvalue weighted by Crippen LogP contribution is 2.29. The highest BCUT2D eigenvalue weighted by molar-refractivity contribution is 7.80. The zero-order valence-electron chi connectivity index (χ0n) is 20.6. The Morgan fingerprint density at radius 2 is 1.53 bits per heavy atom. The van der Waals surface area contributed by atoms with Gasteiger partial charge in [0, 0.05) is 36.8 Å². The Morgan fingerprint density at radius 1 is 0.816 bits per heavy atom. The second-order valence-corrected chi connectivity index (χ2v) is 9.20. The normalized spacial score (nSPS) is 11.1. The van der Waals surface area contributed by atoms with Crippen LogP contribution in [0, 0.1) is 5.82 Å². The van der Waals surface area contributed by atoms with E-state index in [9.17, 15) is 18.0 Å². The number of nitrogens with one attached hydrogen (secondary N) is 3. The minimum absolute atomic E-state index is 0.101. The van der Waals surface area contributed by atoms with Gasteiger partial charge in [-0.1, -0.05) is 66.7 Å². The maximum atomic E-state index is 13.7. The van der Waals surface area contributed by atoms with Crippen molar-refractivity contribution in [1.82, 2.24) is 10.6 Å². The summed E-state index contributed by atoms with van der Waals surface area (Å²) in [5.41, 5.74) is 3.93. The molecule has 0 aliphatic carbocycles. The van der Waals surface area contributed by atoms with Gasteiger partial charge in [-0.25, -0.2) is 13.2 Å². The standard InChI is InChI=1S/C30H26F3N3OS/c1-30(32,33)22-10-6-8-20(16-22)18-34-28(37)27-15-5-4-14-26(27)25-13-3-2-9-21(25)19-35-29(38)36-24-12-7-11-23(31)17-24/h2-17H,18-19H2,1H3,(H,34,37)(H2,35,36,38). The third-order valence-corrected chi connectivity index (χ3v) is 6.13. The molecule has 4 rings (SSSR count). The number of hydrogen-bond donors (Lipinski definition) is 3. The van der Waals surface area contributed by atoms with Crippen molar-refractivity contribution in [3.05, 3.63) is 125 Å². The van der Waals surface area contributed by atoms with Gasteiger partial charge in [0.25, 0.3) is 11.8 Å². The second-order valence-electron chi connectivity index (χ2n) is 8.79. The minimum atomic E-state index is -2.96. The van der Waals surface area contributed by atoms with Gasteiger partial charge < -0.3 is 16.0 Å². The monoisotopic (exact) mass is 533 g/mol. The molecule has 0 unspecified atom stereocenters. The number of carbonyl (C=O) groups is 1. The first-order valence-electron chi connectivity index (χ1n) is 11.9. The molecule has 0 saturated heterocycles. The molecule has 0 aliphatic heterocycles. The van der Waals surface area contributed by atoms with E-state index in [0.29, 0.717) is 28.5 Å². The van der Waals surface area contributed by atoms with Crippen molar-refractivity contribution in [2.24, 2.45) is 0 Å². The molecule has 0 aromatic heterocycles. The molecular weight excluding hydrogens is 507 g/mol. The zero-order valence-corrected chi connectivity index (χ0v) is 21.4. The van der Waals surface area contributed by atoms with Crippen molar-refractivity contribution in [3.8, 4) is 11.1 Å². The van der Waals surface area contributed by atoms with E-state index in [0.717, 1.165) is 23.6 Å². The topological polar surface area (TPSA) is 53.2 Å². The quantitative estimate of drug-likeness (QED) is 0.213. The molecule has 38 heavy (non-hydrogen) atoms. The number of rotatable bonds is 8. The van der Waals surface area contributed by atoms with Gasteiger partial charge in [0.15, 0.2) is 5.11 Å². The molecule has 4 aromatic carbocycles. The number of alkyl halides is 2. The number of halogens is 3. The molecule has 3 N–H and O–H groups in total. The van der Waals surface area contributed by atoms with E-state index < -0.39 is 5.92 Å². The van der Waals surface area contributed by atoms with Crippen LogP contribution in [0.1, 0.15) is 34.0 Å². The van der Waals surface area contributed by atoms with E-state index >= 15 is 0 Å². The fraction of sp³-hybridized carbons (Fsp3) is 0.133. The summed E-state index contributed by atoms with van der Waals surface area (Å²) >= 11 is 5.36. The van der Waals surface area contributed by atoms with Crippen molar-refractivity contribution in [2.45, 2.75) is 25.9 Å². The third-order valence-electron chi connectivity index (χ3n) is 5.89. The first-order chi connectivity index (χ1) is 18.2. The molecule has 194 valence electrons. The largest absolute Gasteiger partial charge is 0.358 e. The van der Waals surface area contributed by atoms with Crippen LogP contribution in [0.2, 0.25) is 0 Å². The highest BCUT2D eigenvalue weighted by atomic mass is 32.1. The molecule has 0 atom stereocenters. The Hall–Kier alpha value is -4.17. The fourth-order valence-electron chi connectivity index (χ4n) is 4.00. The summed E-state index contributed by atoms with van der Waals surface area (Å²) in [6.07, 6.45) is 0. The summed E-state index contributed by atoms with van der Waals surface area (Å²) in [5.74, 6) is -3.64. The lowest BCUT2D eigenvalue weighted by Gasteiger charge is -2.16. The molecule has 0 spiro atoms. The Morgan fingerprint density at radius 3 is 2.29 bits per heavy atom. The lowest BCUT2D eigenvalue weighted by molar-refractivity contribution is 0.0174. The van der Waals surface area contributed by atoms with E-state index in [-0.39, 0.29) is 23.8 Å². The Kier molecular flexibility index (Phi) is 8.43. The van der Waals surface area contributed by atoms with Crippen LogP contribution in [-0.2, 0) is 19.0 Å². The van der Waals surface area contributed by atoms with Crippen LogP contribution in [0.15, 0.2) is 97.1 Å². The second kappa shape index (κ2) is 11.9. The molecule has 4 aromatic rings. The Balaban J connectivity index is 1.48. The molecule has 0 aliphatic rings. The smallest absolute Gasteiger partial charge is 0.270 e. The van der Waals surface area contributed by atoms with Gasteiger partial charge in [-0.05, 0) is 64.8 Å². The van der Waals surface area contributed by atoms with E-state index in [1.165, 1.54) is 24.3 Å². The third kappa shape index (κ3) is 6.98. The summed E-state index contributed by atoms with van der Waals surface area (Å²) < 4.78 is 40.9. The molecule has 0 heterocycles. The molecular formula is C30H26F3N3OS. The average molecular weight is 534 g/mol. The summed E-state index contributed by atoms with van der Waals surface area (Å²) in [6.45, 7) is 1.32. The SMILES string of the molecule is CC(F)(F)c1cccc(CNC(=O)c2ccccc2-c2ccccc2CNC(=S)Nc2cccc(F)c2)c1. The summed E-state index contributed by atoms with van der Waals surface area (Å²) in [4.78, 5) is 13.2. The maximum Gasteiger partial charge on any atom is 0.270 e. The van der Waals surface area contributed by atoms with Crippen LogP contribution in [0.3, 0.4) is 0 Å². The van der Waals surface area contributed by atoms with Crippen LogP contribution in [0.25, 0.3) is 11.1 Å². The Bertz CT molecular complexity index is 1450. The highest BCUT2D eigenvalue weighted by Gasteiger charge is 2.24. The van der Waals surface area contributed by atoms with E-state index in [4.69, 9.17) is 12.2 Å². The van der Waals surface area contributed by atoms with Crippen LogP contribution >= 0.6 is 12.2 Å². The summed E-state index contributed by atoms with van der Waals surface area (Å²) in [7, 11) is 0. The number of hydrogen-bond acceptors (Lipinski definition) is 2. The average Bonchev–Trinajstić information content (AvgIpc) is 2.90. The predicted molar refractivity (Wildman–Crippen MR) is 149 cm³/mol. The Labute approximate surface area is 224 Å². The summed E-state index contributed by atoms with van der Waals surface area (Å²) in [6, 6.07) is 26.8. The first-order valence-corrected chi connectivity index (χ1v) is 12.3. The van der Waals surface area contributed by atoms with Crippen LogP contribution < -0.4 is 16.0 Å². The van der Waals surface area contributed by atoms with Crippen molar-refractivity contribution in [1.29, 1.82) is 0 Å². The van der Waals surface area contributed by atoms with Crippen molar-refractivity contribution < 1.29 is 18.0 Å². The molecule has 0 saturated carbocycles. The molecule has 8 heteroatoms. The van der Waals surface area contributed by atoms with Crippen molar-refractivity contribution >= 4 is 28.9 Å². The van der Waals surface area contributed by atoms with Gasteiger partial charge in [0.2, 0.25) is 0 Å². The lowest BCUT2D eigenvalue weighted by atomic mass is 9.95. The van der Waals surface area contributed by atoms with Gasteiger partial charge in [-0.15, -0.1) is 0 Å². The van der Waals surface area contributed by atoms with Gasteiger partial charge >= 0.3 is 0 Å². The van der Waals surface area contributed by atoms with Crippen LogP contribution in [-0.4, -0.2) is 11.0 Å². The number of carbonyl (C=O) groups excluding carboxylic acids is 1. The first kappa shape index (κ1) is 26.9. The molecule has 4 nitrogen and oxygen atoms in total. The minimum Gasteiger partial charge on any atom is -0.358 e. The fourth-order valence-corrected chi connectivity index (χ4v) is 4.19. The number of benzene rings is 4. The lowest BCUT2D eigenvalue weighted by Crippen LogP contribution is -2.28. The van der Waals surface area contributed by atoms with E-state index in [1.807, 2.05) is 36.4 Å². The number of amides is 1. The summed E-state index contributed by atoms with van der Waals surface area (Å²) in [5, 5.41) is 9.26. The predicted octanol–water partition coefficient (Wildman–Crippen LogP) is 7.02. The van der Waals surface area contributed by atoms with Gasteiger partial charge in [-0.3, -0.25) is 4.79 Å². The van der Waals surface area contributed by atoms with E-state index in [2.05, 4.69) is 16.0 Å². The molecule has 0 fully saturated rings. The molecule has 1 amide bonds.